The summed E-state index contributed by atoms with van der Waals surface area (Å²) in [7, 11) is 0. The molecule has 1 fully saturated rings. The highest BCUT2D eigenvalue weighted by Crippen LogP contribution is 2.25. The van der Waals surface area contributed by atoms with Gasteiger partial charge >= 0.3 is 0 Å². The Bertz CT molecular complexity index is 1220. The largest absolute Gasteiger partial charge is 0.339 e. The number of hydrogen-bond acceptors (Lipinski definition) is 3. The van der Waals surface area contributed by atoms with Gasteiger partial charge in [-0.15, -0.1) is 0 Å². The van der Waals surface area contributed by atoms with Crippen LogP contribution in [0.3, 0.4) is 0 Å². The third-order valence-corrected chi connectivity index (χ3v) is 6.19. The van der Waals surface area contributed by atoms with Crippen molar-refractivity contribution in [3.8, 4) is 0 Å². The van der Waals surface area contributed by atoms with Gasteiger partial charge in [0.15, 0.2) is 0 Å². The van der Waals surface area contributed by atoms with E-state index in [1.807, 2.05) is 30.3 Å². The molecule has 4 rings (SSSR count). The van der Waals surface area contributed by atoms with Gasteiger partial charge in [-0.2, -0.15) is 0 Å². The number of hydrogen-bond donors (Lipinski definition) is 2. The van der Waals surface area contributed by atoms with Gasteiger partial charge in [0.2, 0.25) is 11.8 Å². The highest BCUT2D eigenvalue weighted by molar-refractivity contribution is 6.30. The number of likely N-dealkylation sites (tertiary alicyclic amines) is 1. The van der Waals surface area contributed by atoms with Crippen LogP contribution in [-0.4, -0.2) is 35.7 Å². The van der Waals surface area contributed by atoms with Crippen LogP contribution in [0.25, 0.3) is 6.08 Å². The summed E-state index contributed by atoms with van der Waals surface area (Å²) in [6.45, 7) is 1.04. The lowest BCUT2D eigenvalue weighted by molar-refractivity contribution is -0.130. The lowest BCUT2D eigenvalue weighted by atomic mass is 9.95. The Morgan fingerprint density at radius 1 is 0.800 bits per heavy atom. The zero-order valence-corrected chi connectivity index (χ0v) is 19.9. The molecule has 0 aromatic heterocycles. The number of nitrogens with one attached hydrogen (secondary N) is 2. The van der Waals surface area contributed by atoms with Crippen LogP contribution < -0.4 is 10.6 Å². The molecule has 3 aromatic rings. The highest BCUT2D eigenvalue weighted by Gasteiger charge is 2.27. The number of carbonyl (C=O) groups is 3. The van der Waals surface area contributed by atoms with E-state index in [9.17, 15) is 14.4 Å². The molecule has 1 heterocycles. The molecular formula is C28H26ClN3O3. The molecule has 2 N–H and O–H groups in total. The second-order valence-electron chi connectivity index (χ2n) is 8.34. The van der Waals surface area contributed by atoms with Crippen LogP contribution in [0.1, 0.15) is 28.8 Å². The van der Waals surface area contributed by atoms with Crippen LogP contribution in [0.4, 0.5) is 11.4 Å². The first-order chi connectivity index (χ1) is 17.0. The zero-order chi connectivity index (χ0) is 24.6. The maximum absolute atomic E-state index is 12.9. The maximum Gasteiger partial charge on any atom is 0.255 e. The molecule has 1 aliphatic rings. The first-order valence-corrected chi connectivity index (χ1v) is 11.9. The number of anilines is 2. The molecule has 0 saturated carbocycles. The van der Waals surface area contributed by atoms with E-state index in [2.05, 4.69) is 10.6 Å². The number of para-hydroxylation sites is 2. The molecule has 6 nitrogen and oxygen atoms in total. The van der Waals surface area contributed by atoms with Crippen molar-refractivity contribution in [2.75, 3.05) is 23.7 Å². The summed E-state index contributed by atoms with van der Waals surface area (Å²) in [6.07, 6.45) is 4.54. The smallest absolute Gasteiger partial charge is 0.255 e. The van der Waals surface area contributed by atoms with Crippen molar-refractivity contribution >= 4 is 46.8 Å². The molecule has 3 aromatic carbocycles. The van der Waals surface area contributed by atoms with E-state index in [-0.39, 0.29) is 23.6 Å². The fourth-order valence-corrected chi connectivity index (χ4v) is 4.06. The van der Waals surface area contributed by atoms with E-state index in [0.717, 1.165) is 5.56 Å². The summed E-state index contributed by atoms with van der Waals surface area (Å²) in [5, 5.41) is 6.34. The van der Waals surface area contributed by atoms with Crippen molar-refractivity contribution in [1.82, 2.24) is 4.90 Å². The number of amides is 3. The third-order valence-electron chi connectivity index (χ3n) is 5.93. The lowest BCUT2D eigenvalue weighted by Gasteiger charge is -2.30. The van der Waals surface area contributed by atoms with E-state index in [0.29, 0.717) is 47.9 Å². The van der Waals surface area contributed by atoms with Gasteiger partial charge in [0.05, 0.1) is 11.4 Å². The molecule has 7 heteroatoms. The molecule has 0 atom stereocenters. The Hall–Kier alpha value is -3.90. The normalized spacial score (nSPS) is 14.0. The topological polar surface area (TPSA) is 78.5 Å². The number of rotatable bonds is 6. The van der Waals surface area contributed by atoms with Crippen molar-refractivity contribution in [1.29, 1.82) is 0 Å². The number of benzene rings is 3. The number of nitrogens with zero attached hydrogens (tertiary/aromatic N) is 1. The van der Waals surface area contributed by atoms with Gasteiger partial charge in [0, 0.05) is 35.7 Å². The monoisotopic (exact) mass is 487 g/mol. The summed E-state index contributed by atoms with van der Waals surface area (Å²) in [4.78, 5) is 39.8. The quantitative estimate of drug-likeness (QED) is 0.452. The highest BCUT2D eigenvalue weighted by atomic mass is 35.5. The summed E-state index contributed by atoms with van der Waals surface area (Å²) in [5.74, 6) is -0.677. The van der Waals surface area contributed by atoms with Gasteiger partial charge in [-0.1, -0.05) is 54.1 Å². The predicted octanol–water partition coefficient (Wildman–Crippen LogP) is 5.48. The second kappa shape index (κ2) is 11.5. The maximum atomic E-state index is 12.9. The molecule has 0 aliphatic carbocycles. The Labute approximate surface area is 209 Å². The Kier molecular flexibility index (Phi) is 7.95. The Morgan fingerprint density at radius 3 is 2.06 bits per heavy atom. The van der Waals surface area contributed by atoms with Gasteiger partial charge < -0.3 is 15.5 Å². The van der Waals surface area contributed by atoms with Gasteiger partial charge in [-0.05, 0) is 60.9 Å². The minimum absolute atomic E-state index is 0.0528. The predicted molar refractivity (Wildman–Crippen MR) is 139 cm³/mol. The first kappa shape index (κ1) is 24.2. The van der Waals surface area contributed by atoms with Crippen molar-refractivity contribution in [3.05, 3.63) is 101 Å². The molecular weight excluding hydrogens is 462 g/mol. The van der Waals surface area contributed by atoms with Crippen molar-refractivity contribution in [2.45, 2.75) is 12.8 Å². The molecule has 3 amide bonds. The molecule has 1 aliphatic heterocycles. The van der Waals surface area contributed by atoms with Crippen LogP contribution in [0.2, 0.25) is 5.02 Å². The van der Waals surface area contributed by atoms with E-state index < -0.39 is 0 Å². The summed E-state index contributed by atoms with van der Waals surface area (Å²) >= 11 is 5.90. The zero-order valence-electron chi connectivity index (χ0n) is 19.1. The van der Waals surface area contributed by atoms with E-state index >= 15 is 0 Å². The van der Waals surface area contributed by atoms with Crippen LogP contribution in [0.15, 0.2) is 84.9 Å². The van der Waals surface area contributed by atoms with E-state index in [1.54, 1.807) is 65.6 Å². The van der Waals surface area contributed by atoms with Crippen molar-refractivity contribution < 1.29 is 14.4 Å². The molecule has 0 unspecified atom stereocenters. The van der Waals surface area contributed by atoms with Gasteiger partial charge in [-0.3, -0.25) is 14.4 Å². The summed E-state index contributed by atoms with van der Waals surface area (Å²) in [5.41, 5.74) is 2.48. The lowest BCUT2D eigenvalue weighted by Crippen LogP contribution is -2.40. The first-order valence-electron chi connectivity index (χ1n) is 11.5. The SMILES string of the molecule is O=C(Nc1ccccc1NC(=O)C1CCN(C(=O)/C=C/c2ccccc2)CC1)c1ccc(Cl)cc1. The molecule has 0 bridgehead atoms. The number of halogens is 1. The molecule has 0 spiro atoms. The van der Waals surface area contributed by atoms with Crippen LogP contribution in [0.5, 0.6) is 0 Å². The average molecular weight is 488 g/mol. The van der Waals surface area contributed by atoms with Gasteiger partial charge in [-0.25, -0.2) is 0 Å². The van der Waals surface area contributed by atoms with Gasteiger partial charge in [0.25, 0.3) is 5.91 Å². The standard InChI is InChI=1S/C28H26ClN3O3/c29-23-13-11-21(12-14-23)27(34)30-24-8-4-5-9-25(24)31-28(35)22-16-18-32(19-17-22)26(33)15-10-20-6-2-1-3-7-20/h1-15,22H,16-19H2,(H,30,34)(H,31,35)/b15-10+. The molecule has 0 radical (unpaired) electrons. The summed E-state index contributed by atoms with van der Waals surface area (Å²) < 4.78 is 0. The van der Waals surface area contributed by atoms with Crippen molar-refractivity contribution in [3.63, 3.8) is 0 Å². The fraction of sp³-hybridized carbons (Fsp3) is 0.179. The number of piperidine rings is 1. The molecule has 35 heavy (non-hydrogen) atoms. The van der Waals surface area contributed by atoms with Crippen LogP contribution in [-0.2, 0) is 9.59 Å². The van der Waals surface area contributed by atoms with E-state index in [4.69, 9.17) is 11.6 Å². The third kappa shape index (κ3) is 6.58. The minimum atomic E-state index is -0.293. The fourth-order valence-electron chi connectivity index (χ4n) is 3.93. The second-order valence-corrected chi connectivity index (χ2v) is 8.78. The van der Waals surface area contributed by atoms with E-state index in [1.165, 1.54) is 0 Å². The van der Waals surface area contributed by atoms with Crippen molar-refractivity contribution in [2.24, 2.45) is 5.92 Å². The molecule has 1 saturated heterocycles. The van der Waals surface area contributed by atoms with Gasteiger partial charge in [0.1, 0.15) is 0 Å². The van der Waals surface area contributed by atoms with Crippen LogP contribution >= 0.6 is 11.6 Å². The number of carbonyl (C=O) groups excluding carboxylic acids is 3. The minimum Gasteiger partial charge on any atom is -0.339 e. The summed E-state index contributed by atoms with van der Waals surface area (Å²) in [6, 6.07) is 23.3. The average Bonchev–Trinajstić information content (AvgIpc) is 2.89. The Morgan fingerprint density at radius 2 is 1.40 bits per heavy atom. The molecule has 178 valence electrons. The Balaban J connectivity index is 1.32. The van der Waals surface area contributed by atoms with Crippen LogP contribution in [0, 0.1) is 5.92 Å².